The highest BCUT2D eigenvalue weighted by Crippen LogP contribution is 2.13. The highest BCUT2D eigenvalue weighted by Gasteiger charge is 2.06. The molecule has 1 N–H and O–H groups in total. The Labute approximate surface area is 173 Å². The van der Waals surface area contributed by atoms with E-state index >= 15 is 0 Å². The van der Waals surface area contributed by atoms with Gasteiger partial charge in [-0.25, -0.2) is 4.79 Å². The summed E-state index contributed by atoms with van der Waals surface area (Å²) in [6.45, 7) is 4.59. The summed E-state index contributed by atoms with van der Waals surface area (Å²) in [6.07, 6.45) is 20.6. The number of ether oxygens (including phenoxy) is 2. The van der Waals surface area contributed by atoms with Crippen molar-refractivity contribution in [1.82, 2.24) is 5.32 Å². The molecule has 0 atom stereocenters. The van der Waals surface area contributed by atoms with Crippen LogP contribution in [0, 0.1) is 0 Å². The van der Waals surface area contributed by atoms with Crippen molar-refractivity contribution in [3.05, 3.63) is 0 Å². The van der Waals surface area contributed by atoms with Gasteiger partial charge in [0.1, 0.15) is 6.54 Å². The van der Waals surface area contributed by atoms with Crippen LogP contribution in [-0.4, -0.2) is 31.8 Å². The lowest BCUT2D eigenvalue weighted by Gasteiger charge is -2.06. The Morgan fingerprint density at radius 2 is 1.04 bits per heavy atom. The number of rotatable bonds is 20. The van der Waals surface area contributed by atoms with Crippen LogP contribution in [0.3, 0.4) is 0 Å². The standard InChI is InChI=1S/C23H45NO4/c1-3-5-6-7-8-9-10-11-12-13-14-15-16-17-18-19-20-28-22(25)21-24-23(26)27-4-2/h3-21H2,1-2H3,(H,24,26). The van der Waals surface area contributed by atoms with Crippen molar-refractivity contribution < 1.29 is 19.1 Å². The minimum absolute atomic E-state index is 0.127. The summed E-state index contributed by atoms with van der Waals surface area (Å²) in [4.78, 5) is 22.5. The van der Waals surface area contributed by atoms with E-state index in [0.717, 1.165) is 12.8 Å². The van der Waals surface area contributed by atoms with Crippen molar-refractivity contribution in [2.75, 3.05) is 19.8 Å². The van der Waals surface area contributed by atoms with Gasteiger partial charge in [0.05, 0.1) is 13.2 Å². The number of carbonyl (C=O) groups is 2. The predicted molar refractivity (Wildman–Crippen MR) is 116 cm³/mol. The normalized spacial score (nSPS) is 10.6. The van der Waals surface area contributed by atoms with Crippen LogP contribution in [0.4, 0.5) is 4.79 Å². The van der Waals surface area contributed by atoms with Gasteiger partial charge in [0.2, 0.25) is 0 Å². The molecule has 0 aromatic heterocycles. The lowest BCUT2D eigenvalue weighted by atomic mass is 10.0. The van der Waals surface area contributed by atoms with E-state index in [9.17, 15) is 9.59 Å². The van der Waals surface area contributed by atoms with Crippen LogP contribution in [0.15, 0.2) is 0 Å². The van der Waals surface area contributed by atoms with E-state index in [1.165, 1.54) is 89.9 Å². The monoisotopic (exact) mass is 399 g/mol. The van der Waals surface area contributed by atoms with Gasteiger partial charge in [0, 0.05) is 0 Å². The molecule has 0 aromatic rings. The summed E-state index contributed by atoms with van der Waals surface area (Å²) in [5.41, 5.74) is 0. The molecule has 0 bridgehead atoms. The number of hydrogen-bond donors (Lipinski definition) is 1. The Morgan fingerprint density at radius 1 is 0.607 bits per heavy atom. The molecular formula is C23H45NO4. The van der Waals surface area contributed by atoms with Gasteiger partial charge in [-0.2, -0.15) is 0 Å². The Bertz CT molecular complexity index is 361. The van der Waals surface area contributed by atoms with Crippen LogP contribution in [0.2, 0.25) is 0 Å². The zero-order valence-corrected chi connectivity index (χ0v) is 18.6. The molecule has 1 amide bonds. The molecule has 0 saturated carbocycles. The number of nitrogens with one attached hydrogen (secondary N) is 1. The zero-order chi connectivity index (χ0) is 20.7. The third kappa shape index (κ3) is 21.0. The number of esters is 1. The van der Waals surface area contributed by atoms with Crippen LogP contribution in [0.1, 0.15) is 117 Å². The van der Waals surface area contributed by atoms with E-state index in [4.69, 9.17) is 4.74 Å². The van der Waals surface area contributed by atoms with Crippen LogP contribution in [0.25, 0.3) is 0 Å². The molecule has 0 heterocycles. The lowest BCUT2D eigenvalue weighted by molar-refractivity contribution is -0.142. The van der Waals surface area contributed by atoms with Gasteiger partial charge in [-0.1, -0.05) is 103 Å². The predicted octanol–water partition coefficient (Wildman–Crippen LogP) is 6.54. The Balaban J connectivity index is 3.15. The summed E-state index contributed by atoms with van der Waals surface area (Å²) >= 11 is 0. The molecule has 5 heteroatoms. The second-order valence-corrected chi connectivity index (χ2v) is 7.60. The van der Waals surface area contributed by atoms with E-state index < -0.39 is 12.1 Å². The average molecular weight is 400 g/mol. The zero-order valence-electron chi connectivity index (χ0n) is 18.6. The molecule has 0 aromatic carbocycles. The summed E-state index contributed by atoms with van der Waals surface area (Å²) in [6, 6.07) is 0. The molecular weight excluding hydrogens is 354 g/mol. The fourth-order valence-electron chi connectivity index (χ4n) is 3.21. The SMILES string of the molecule is CCCCCCCCCCCCCCCCCCOC(=O)CNC(=O)OCC. The number of unbranched alkanes of at least 4 members (excludes halogenated alkanes) is 15. The van der Waals surface area contributed by atoms with Crippen LogP contribution >= 0.6 is 0 Å². The van der Waals surface area contributed by atoms with Crippen molar-refractivity contribution in [1.29, 1.82) is 0 Å². The van der Waals surface area contributed by atoms with Gasteiger partial charge in [0.15, 0.2) is 0 Å². The van der Waals surface area contributed by atoms with Crippen molar-refractivity contribution in [2.24, 2.45) is 0 Å². The maximum Gasteiger partial charge on any atom is 0.407 e. The molecule has 0 aliphatic rings. The van der Waals surface area contributed by atoms with Crippen molar-refractivity contribution in [3.8, 4) is 0 Å². The number of alkyl carbamates (subject to hydrolysis) is 1. The first-order valence-corrected chi connectivity index (χ1v) is 11.8. The van der Waals surface area contributed by atoms with Crippen molar-refractivity contribution >= 4 is 12.1 Å². The third-order valence-electron chi connectivity index (χ3n) is 4.91. The van der Waals surface area contributed by atoms with Gasteiger partial charge in [0.25, 0.3) is 0 Å². The smallest absolute Gasteiger partial charge is 0.407 e. The lowest BCUT2D eigenvalue weighted by Crippen LogP contribution is -2.31. The molecule has 0 spiro atoms. The molecule has 0 aliphatic heterocycles. The number of amides is 1. The first kappa shape index (κ1) is 26.7. The molecule has 0 unspecified atom stereocenters. The van der Waals surface area contributed by atoms with E-state index in [1.54, 1.807) is 6.92 Å². The quantitative estimate of drug-likeness (QED) is 0.186. The van der Waals surface area contributed by atoms with Crippen LogP contribution in [-0.2, 0) is 14.3 Å². The van der Waals surface area contributed by atoms with E-state index in [1.807, 2.05) is 0 Å². The summed E-state index contributed by atoms with van der Waals surface area (Å²) < 4.78 is 9.75. The van der Waals surface area contributed by atoms with Gasteiger partial charge in [-0.3, -0.25) is 4.79 Å². The van der Waals surface area contributed by atoms with Gasteiger partial charge in [-0.15, -0.1) is 0 Å². The molecule has 0 saturated heterocycles. The molecule has 0 aliphatic carbocycles. The van der Waals surface area contributed by atoms with Crippen LogP contribution < -0.4 is 5.32 Å². The Kier molecular flexibility index (Phi) is 21.0. The van der Waals surface area contributed by atoms with Gasteiger partial charge >= 0.3 is 12.1 Å². The summed E-state index contributed by atoms with van der Waals surface area (Å²) in [7, 11) is 0. The maximum absolute atomic E-state index is 11.4. The Morgan fingerprint density at radius 3 is 1.46 bits per heavy atom. The fraction of sp³-hybridized carbons (Fsp3) is 0.913. The van der Waals surface area contributed by atoms with Crippen molar-refractivity contribution in [2.45, 2.75) is 117 Å². The minimum atomic E-state index is -0.582. The maximum atomic E-state index is 11.4. The van der Waals surface area contributed by atoms with E-state index in [2.05, 4.69) is 17.0 Å². The summed E-state index contributed by atoms with van der Waals surface area (Å²) in [5.74, 6) is -0.408. The second kappa shape index (κ2) is 22.0. The molecule has 166 valence electrons. The van der Waals surface area contributed by atoms with Crippen molar-refractivity contribution in [3.63, 3.8) is 0 Å². The molecule has 0 fully saturated rings. The Hall–Kier alpha value is -1.26. The summed E-state index contributed by atoms with van der Waals surface area (Å²) in [5, 5.41) is 2.35. The fourth-order valence-corrected chi connectivity index (χ4v) is 3.21. The molecule has 28 heavy (non-hydrogen) atoms. The van der Waals surface area contributed by atoms with Crippen LogP contribution in [0.5, 0.6) is 0 Å². The second-order valence-electron chi connectivity index (χ2n) is 7.60. The highest BCUT2D eigenvalue weighted by molar-refractivity contribution is 5.77. The average Bonchev–Trinajstić information content (AvgIpc) is 2.69. The first-order valence-electron chi connectivity index (χ1n) is 11.8. The molecule has 0 radical (unpaired) electrons. The number of hydrogen-bond acceptors (Lipinski definition) is 4. The van der Waals surface area contributed by atoms with E-state index in [0.29, 0.717) is 13.2 Å². The third-order valence-corrected chi connectivity index (χ3v) is 4.91. The first-order chi connectivity index (χ1) is 13.7. The topological polar surface area (TPSA) is 64.6 Å². The highest BCUT2D eigenvalue weighted by atomic mass is 16.6. The largest absolute Gasteiger partial charge is 0.464 e. The van der Waals surface area contributed by atoms with Gasteiger partial charge < -0.3 is 14.8 Å². The van der Waals surface area contributed by atoms with Gasteiger partial charge in [-0.05, 0) is 13.3 Å². The molecule has 5 nitrogen and oxygen atoms in total. The van der Waals surface area contributed by atoms with E-state index in [-0.39, 0.29) is 6.54 Å². The molecule has 0 rings (SSSR count). The number of carbonyl (C=O) groups excluding carboxylic acids is 2. The minimum Gasteiger partial charge on any atom is -0.464 e.